The van der Waals surface area contributed by atoms with E-state index in [0.717, 1.165) is 6.07 Å². The molecule has 1 aromatic carbocycles. The molecule has 0 bridgehead atoms. The summed E-state index contributed by atoms with van der Waals surface area (Å²) in [6, 6.07) is 1.68. The highest BCUT2D eigenvalue weighted by atomic mass is 19.4. The van der Waals surface area contributed by atoms with Crippen LogP contribution >= 0.6 is 0 Å². The second kappa shape index (κ2) is 5.02. The van der Waals surface area contributed by atoms with Gasteiger partial charge in [-0.25, -0.2) is 4.39 Å². The molecule has 1 aromatic rings. The summed E-state index contributed by atoms with van der Waals surface area (Å²) in [7, 11) is 0. The van der Waals surface area contributed by atoms with Crippen LogP contribution in [0.1, 0.15) is 49.7 Å². The maximum Gasteiger partial charge on any atom is 0.389 e. The summed E-state index contributed by atoms with van der Waals surface area (Å²) < 4.78 is 90.6. The van der Waals surface area contributed by atoms with Crippen molar-refractivity contribution in [2.75, 3.05) is 0 Å². The van der Waals surface area contributed by atoms with Crippen LogP contribution in [-0.4, -0.2) is 17.5 Å². The first kappa shape index (κ1) is 17.4. The highest BCUT2D eigenvalue weighted by Gasteiger charge is 2.56. The molecule has 0 unspecified atom stereocenters. The van der Waals surface area contributed by atoms with E-state index >= 15 is 0 Å². The smallest absolute Gasteiger partial charge is 0.389 e. The topological polar surface area (TPSA) is 20.2 Å². The zero-order valence-corrected chi connectivity index (χ0v) is 12.5. The summed E-state index contributed by atoms with van der Waals surface area (Å²) >= 11 is 0. The quantitative estimate of drug-likeness (QED) is 0.707. The molecule has 1 N–H and O–H groups in total. The van der Waals surface area contributed by atoms with Crippen molar-refractivity contribution in [2.45, 2.75) is 61.7 Å². The molecule has 0 amide bonds. The van der Waals surface area contributed by atoms with E-state index in [2.05, 4.69) is 0 Å². The van der Waals surface area contributed by atoms with Gasteiger partial charge in [0.1, 0.15) is 11.6 Å². The van der Waals surface area contributed by atoms with Crippen LogP contribution in [0.5, 0.6) is 5.75 Å². The van der Waals surface area contributed by atoms with Gasteiger partial charge < -0.3 is 5.11 Å². The number of alkyl halides is 6. The van der Waals surface area contributed by atoms with E-state index in [4.69, 9.17) is 0 Å². The van der Waals surface area contributed by atoms with Crippen LogP contribution in [0.15, 0.2) is 12.1 Å². The Morgan fingerprint density at radius 1 is 0.792 bits per heavy atom. The molecule has 134 valence electrons. The van der Waals surface area contributed by atoms with Crippen molar-refractivity contribution in [2.24, 2.45) is 0 Å². The molecule has 0 heterocycles. The standard InChI is InChI=1S/C16H15F7O/c17-11-6-12(24)10(14(3-4-14)8-16(21,22)23)5-9(11)13(1-2-13)7-15(18,19)20/h5-6,24H,1-4,7-8H2. The van der Waals surface area contributed by atoms with Gasteiger partial charge >= 0.3 is 12.4 Å². The van der Waals surface area contributed by atoms with Crippen LogP contribution in [0.2, 0.25) is 0 Å². The van der Waals surface area contributed by atoms with E-state index in [-0.39, 0.29) is 36.8 Å². The van der Waals surface area contributed by atoms with Crippen LogP contribution in [0.25, 0.3) is 0 Å². The van der Waals surface area contributed by atoms with E-state index in [1.54, 1.807) is 0 Å². The number of rotatable bonds is 4. The number of phenolic OH excluding ortho intramolecular Hbond substituents is 1. The molecule has 3 rings (SSSR count). The Hall–Kier alpha value is -1.47. The Morgan fingerprint density at radius 2 is 1.21 bits per heavy atom. The fraction of sp³-hybridized carbons (Fsp3) is 0.625. The number of phenols is 1. The summed E-state index contributed by atoms with van der Waals surface area (Å²) in [5.74, 6) is -1.62. The molecular weight excluding hydrogens is 341 g/mol. The number of halogens is 7. The Balaban J connectivity index is 1.99. The number of aromatic hydroxyl groups is 1. The highest BCUT2D eigenvalue weighted by Crippen LogP contribution is 2.60. The molecule has 0 atom stereocenters. The zero-order chi connectivity index (χ0) is 18.0. The van der Waals surface area contributed by atoms with Gasteiger partial charge in [-0.15, -0.1) is 0 Å². The molecule has 8 heteroatoms. The monoisotopic (exact) mass is 356 g/mol. The van der Waals surface area contributed by atoms with Gasteiger partial charge in [0.2, 0.25) is 0 Å². The summed E-state index contributed by atoms with van der Waals surface area (Å²) in [6.07, 6.45) is -10.8. The lowest BCUT2D eigenvalue weighted by molar-refractivity contribution is -0.141. The molecule has 0 radical (unpaired) electrons. The second-order valence-corrected chi connectivity index (χ2v) is 6.99. The molecule has 2 aliphatic carbocycles. The fourth-order valence-electron chi connectivity index (χ4n) is 3.55. The van der Waals surface area contributed by atoms with Gasteiger partial charge in [-0.1, -0.05) is 0 Å². The molecule has 2 fully saturated rings. The van der Waals surface area contributed by atoms with Crippen LogP contribution in [0.4, 0.5) is 30.7 Å². The third kappa shape index (κ3) is 3.32. The van der Waals surface area contributed by atoms with Crippen LogP contribution in [0, 0.1) is 5.82 Å². The van der Waals surface area contributed by atoms with Crippen LogP contribution in [0.3, 0.4) is 0 Å². The number of hydrogen-bond donors (Lipinski definition) is 1. The lowest BCUT2D eigenvalue weighted by Gasteiger charge is -2.23. The van der Waals surface area contributed by atoms with Crippen molar-refractivity contribution in [3.8, 4) is 5.75 Å². The van der Waals surface area contributed by atoms with E-state index < -0.39 is 47.6 Å². The predicted molar refractivity (Wildman–Crippen MR) is 71.2 cm³/mol. The van der Waals surface area contributed by atoms with Gasteiger partial charge in [0.15, 0.2) is 0 Å². The SMILES string of the molecule is Oc1cc(F)c(C2(CC(F)(F)F)CC2)cc1C1(CC(F)(F)F)CC1. The molecule has 24 heavy (non-hydrogen) atoms. The fourth-order valence-corrected chi connectivity index (χ4v) is 3.55. The minimum atomic E-state index is -4.50. The van der Waals surface area contributed by atoms with E-state index in [0.29, 0.717) is 6.07 Å². The Bertz CT molecular complexity index is 598. The number of benzene rings is 1. The van der Waals surface area contributed by atoms with E-state index in [1.807, 2.05) is 0 Å². The molecule has 0 spiro atoms. The first-order chi connectivity index (χ1) is 10.9. The largest absolute Gasteiger partial charge is 0.508 e. The normalized spacial score (nSPS) is 21.6. The van der Waals surface area contributed by atoms with Gasteiger partial charge in [0.05, 0.1) is 12.8 Å². The van der Waals surface area contributed by atoms with Crippen LogP contribution in [-0.2, 0) is 10.8 Å². The van der Waals surface area contributed by atoms with Crippen molar-refractivity contribution < 1.29 is 35.8 Å². The van der Waals surface area contributed by atoms with E-state index in [9.17, 15) is 35.8 Å². The van der Waals surface area contributed by atoms with Crippen molar-refractivity contribution >= 4 is 0 Å². The third-order valence-corrected chi connectivity index (χ3v) is 5.01. The first-order valence-corrected chi connectivity index (χ1v) is 7.53. The van der Waals surface area contributed by atoms with Crippen molar-refractivity contribution in [1.29, 1.82) is 0 Å². The average Bonchev–Trinajstić information content (AvgIpc) is 3.25. The van der Waals surface area contributed by atoms with Gasteiger partial charge in [0, 0.05) is 22.5 Å². The molecule has 0 aromatic heterocycles. The molecule has 1 nitrogen and oxygen atoms in total. The predicted octanol–water partition coefficient (Wildman–Crippen LogP) is 5.50. The summed E-state index contributed by atoms with van der Waals surface area (Å²) in [6.45, 7) is 0. The van der Waals surface area contributed by atoms with Gasteiger partial charge in [0.25, 0.3) is 0 Å². The lowest BCUT2D eigenvalue weighted by atomic mass is 9.84. The Kier molecular flexibility index (Phi) is 3.63. The summed E-state index contributed by atoms with van der Waals surface area (Å²) in [5, 5.41) is 9.88. The summed E-state index contributed by atoms with van der Waals surface area (Å²) in [5.41, 5.74) is -3.09. The molecular formula is C16H15F7O. The molecule has 2 saturated carbocycles. The minimum absolute atomic E-state index is 0.0929. The average molecular weight is 356 g/mol. The maximum atomic E-state index is 14.1. The molecule has 0 saturated heterocycles. The Labute approximate surface area is 133 Å². The second-order valence-electron chi connectivity index (χ2n) is 6.99. The van der Waals surface area contributed by atoms with Crippen molar-refractivity contribution in [3.63, 3.8) is 0 Å². The first-order valence-electron chi connectivity index (χ1n) is 7.53. The van der Waals surface area contributed by atoms with Crippen molar-refractivity contribution in [3.05, 3.63) is 29.1 Å². The highest BCUT2D eigenvalue weighted by molar-refractivity contribution is 5.49. The summed E-state index contributed by atoms with van der Waals surface area (Å²) in [4.78, 5) is 0. The van der Waals surface area contributed by atoms with E-state index in [1.165, 1.54) is 0 Å². The van der Waals surface area contributed by atoms with Crippen LogP contribution < -0.4 is 0 Å². The number of hydrogen-bond acceptors (Lipinski definition) is 1. The van der Waals surface area contributed by atoms with Gasteiger partial charge in [-0.3, -0.25) is 0 Å². The third-order valence-electron chi connectivity index (χ3n) is 5.01. The lowest BCUT2D eigenvalue weighted by Crippen LogP contribution is -2.23. The minimum Gasteiger partial charge on any atom is -0.508 e. The molecule has 2 aliphatic rings. The maximum absolute atomic E-state index is 14.1. The van der Waals surface area contributed by atoms with Crippen molar-refractivity contribution in [1.82, 2.24) is 0 Å². The van der Waals surface area contributed by atoms with Gasteiger partial charge in [-0.05, 0) is 37.3 Å². The Morgan fingerprint density at radius 3 is 1.58 bits per heavy atom. The molecule has 0 aliphatic heterocycles. The zero-order valence-electron chi connectivity index (χ0n) is 12.5. The van der Waals surface area contributed by atoms with Gasteiger partial charge in [-0.2, -0.15) is 26.3 Å².